The Kier molecular flexibility index (Phi) is 5.83. The zero-order chi connectivity index (χ0) is 17.7. The van der Waals surface area contributed by atoms with Crippen LogP contribution in [0.1, 0.15) is 16.1 Å². The van der Waals surface area contributed by atoms with Gasteiger partial charge in [-0.3, -0.25) is 14.3 Å². The maximum Gasteiger partial charge on any atom is 0.340 e. The normalized spacial score (nSPS) is 11.0. The van der Waals surface area contributed by atoms with Crippen LogP contribution in [0.5, 0.6) is 0 Å². The Bertz CT molecular complexity index is 855. The van der Waals surface area contributed by atoms with Crippen LogP contribution in [-0.2, 0) is 20.8 Å². The zero-order valence-corrected chi connectivity index (χ0v) is 13.7. The number of methoxy groups -OCH3 is 2. The Balaban J connectivity index is 2.52. The molecule has 0 saturated carbocycles. The van der Waals surface area contributed by atoms with E-state index in [1.165, 1.54) is 24.9 Å². The first-order valence-corrected chi connectivity index (χ1v) is 7.29. The number of aromatic amines is 1. The predicted octanol–water partition coefficient (Wildman–Crippen LogP) is -0.157. The fraction of sp³-hybridized carbons (Fsp3) is 0.467. The van der Waals surface area contributed by atoms with Crippen molar-refractivity contribution in [2.75, 3.05) is 34.0 Å². The molecular formula is C15H19N3O6. The first-order chi connectivity index (χ1) is 11.5. The maximum atomic E-state index is 12.1. The third kappa shape index (κ3) is 3.69. The minimum atomic E-state index is -0.609. The van der Waals surface area contributed by atoms with Crippen molar-refractivity contribution in [3.05, 3.63) is 38.2 Å². The van der Waals surface area contributed by atoms with Crippen LogP contribution in [0.25, 0.3) is 11.0 Å². The molecule has 0 saturated heterocycles. The fourth-order valence-corrected chi connectivity index (χ4v) is 2.19. The lowest BCUT2D eigenvalue weighted by atomic mass is 10.1. The van der Waals surface area contributed by atoms with Crippen LogP contribution in [0.4, 0.5) is 0 Å². The standard InChI is InChI=1S/C15H19N3O6/c1-9-10(14(20)24-7-6-23-3)8-11-12(16-9)18(4-5-22-2)15(21)17-13(11)19/h8H,4-7H2,1-3H3,(H,17,19,21). The smallest absolute Gasteiger partial charge is 0.340 e. The highest BCUT2D eigenvalue weighted by atomic mass is 16.6. The Morgan fingerprint density at radius 2 is 1.92 bits per heavy atom. The molecule has 2 aromatic rings. The van der Waals surface area contributed by atoms with Crippen molar-refractivity contribution in [2.45, 2.75) is 13.5 Å². The van der Waals surface area contributed by atoms with Gasteiger partial charge in [-0.2, -0.15) is 0 Å². The van der Waals surface area contributed by atoms with E-state index in [1.54, 1.807) is 6.92 Å². The molecule has 2 aromatic heterocycles. The number of aromatic nitrogens is 3. The van der Waals surface area contributed by atoms with E-state index in [4.69, 9.17) is 14.2 Å². The zero-order valence-electron chi connectivity index (χ0n) is 13.7. The number of carbonyl (C=O) groups is 1. The minimum absolute atomic E-state index is 0.0938. The van der Waals surface area contributed by atoms with Crippen LogP contribution in [0.3, 0.4) is 0 Å². The molecule has 24 heavy (non-hydrogen) atoms. The van der Waals surface area contributed by atoms with Crippen LogP contribution < -0.4 is 11.2 Å². The average molecular weight is 337 g/mol. The second-order valence-electron chi connectivity index (χ2n) is 5.02. The Hall–Kier alpha value is -2.52. The van der Waals surface area contributed by atoms with Crippen molar-refractivity contribution in [3.8, 4) is 0 Å². The van der Waals surface area contributed by atoms with E-state index in [0.29, 0.717) is 5.69 Å². The second-order valence-corrected chi connectivity index (χ2v) is 5.02. The molecule has 0 bridgehead atoms. The van der Waals surface area contributed by atoms with E-state index in [2.05, 4.69) is 9.97 Å². The summed E-state index contributed by atoms with van der Waals surface area (Å²) in [5.41, 5.74) is -0.456. The highest BCUT2D eigenvalue weighted by molar-refractivity contribution is 5.94. The number of hydrogen-bond acceptors (Lipinski definition) is 7. The molecule has 1 N–H and O–H groups in total. The van der Waals surface area contributed by atoms with E-state index >= 15 is 0 Å². The van der Waals surface area contributed by atoms with Gasteiger partial charge in [0.15, 0.2) is 0 Å². The van der Waals surface area contributed by atoms with Crippen LogP contribution in [0.2, 0.25) is 0 Å². The molecule has 0 aromatic carbocycles. The number of ether oxygens (including phenoxy) is 3. The van der Waals surface area contributed by atoms with Crippen molar-refractivity contribution in [1.82, 2.24) is 14.5 Å². The number of nitrogens with one attached hydrogen (secondary N) is 1. The van der Waals surface area contributed by atoms with E-state index < -0.39 is 17.2 Å². The monoisotopic (exact) mass is 337 g/mol. The van der Waals surface area contributed by atoms with Gasteiger partial charge in [0.05, 0.1) is 36.4 Å². The molecule has 2 rings (SSSR count). The number of H-pyrrole nitrogens is 1. The number of hydrogen-bond donors (Lipinski definition) is 1. The van der Waals surface area contributed by atoms with Crippen LogP contribution >= 0.6 is 0 Å². The molecule has 2 heterocycles. The fourth-order valence-electron chi connectivity index (χ4n) is 2.19. The Morgan fingerprint density at radius 1 is 1.21 bits per heavy atom. The topological polar surface area (TPSA) is 113 Å². The summed E-state index contributed by atoms with van der Waals surface area (Å²) in [6, 6.07) is 1.38. The van der Waals surface area contributed by atoms with Crippen LogP contribution in [0, 0.1) is 6.92 Å². The van der Waals surface area contributed by atoms with Crippen molar-refractivity contribution in [1.29, 1.82) is 0 Å². The number of nitrogens with zero attached hydrogens (tertiary/aromatic N) is 2. The number of fused-ring (bicyclic) bond motifs is 1. The van der Waals surface area contributed by atoms with E-state index in [1.807, 2.05) is 0 Å². The lowest BCUT2D eigenvalue weighted by Crippen LogP contribution is -2.32. The summed E-state index contributed by atoms with van der Waals surface area (Å²) in [5.74, 6) is -0.604. The molecule has 0 spiro atoms. The summed E-state index contributed by atoms with van der Waals surface area (Å²) >= 11 is 0. The second kappa shape index (κ2) is 7.84. The summed E-state index contributed by atoms with van der Waals surface area (Å²) in [7, 11) is 3.00. The number of esters is 1. The van der Waals surface area contributed by atoms with Gasteiger partial charge in [-0.1, -0.05) is 0 Å². The maximum absolute atomic E-state index is 12.1. The number of aryl methyl sites for hydroxylation is 1. The molecule has 0 aliphatic heterocycles. The van der Waals surface area contributed by atoms with Crippen molar-refractivity contribution in [3.63, 3.8) is 0 Å². The number of rotatable bonds is 7. The summed E-state index contributed by atoms with van der Waals surface area (Å²) < 4.78 is 16.1. The van der Waals surface area contributed by atoms with Gasteiger partial charge in [-0.05, 0) is 13.0 Å². The molecule has 0 aliphatic carbocycles. The summed E-state index contributed by atoms with van der Waals surface area (Å²) in [6.07, 6.45) is 0. The summed E-state index contributed by atoms with van der Waals surface area (Å²) in [5, 5.41) is 0.134. The van der Waals surface area contributed by atoms with Gasteiger partial charge < -0.3 is 14.2 Å². The molecule has 0 amide bonds. The molecule has 9 heteroatoms. The summed E-state index contributed by atoms with van der Waals surface area (Å²) in [6.45, 7) is 2.48. The lowest BCUT2D eigenvalue weighted by Gasteiger charge is -2.11. The van der Waals surface area contributed by atoms with Crippen LogP contribution in [0.15, 0.2) is 15.7 Å². The van der Waals surface area contributed by atoms with Gasteiger partial charge in [0.2, 0.25) is 0 Å². The van der Waals surface area contributed by atoms with E-state index in [9.17, 15) is 14.4 Å². The molecule has 0 atom stereocenters. The van der Waals surface area contributed by atoms with Gasteiger partial charge in [0, 0.05) is 14.2 Å². The predicted molar refractivity (Wildman–Crippen MR) is 85.4 cm³/mol. The van der Waals surface area contributed by atoms with Crippen molar-refractivity contribution in [2.24, 2.45) is 0 Å². The largest absolute Gasteiger partial charge is 0.460 e. The molecule has 0 aliphatic rings. The van der Waals surface area contributed by atoms with Gasteiger partial charge >= 0.3 is 11.7 Å². The van der Waals surface area contributed by atoms with Gasteiger partial charge in [-0.25, -0.2) is 14.6 Å². The third-order valence-corrected chi connectivity index (χ3v) is 3.42. The first-order valence-electron chi connectivity index (χ1n) is 7.29. The molecular weight excluding hydrogens is 318 g/mol. The lowest BCUT2D eigenvalue weighted by molar-refractivity contribution is 0.0387. The summed E-state index contributed by atoms with van der Waals surface area (Å²) in [4.78, 5) is 42.6. The SMILES string of the molecule is COCCOC(=O)c1cc2c(=O)[nH]c(=O)n(CCOC)c2nc1C. The van der Waals surface area contributed by atoms with E-state index in [0.717, 1.165) is 0 Å². The van der Waals surface area contributed by atoms with Crippen molar-refractivity contribution >= 4 is 17.0 Å². The molecule has 0 unspecified atom stereocenters. The quantitative estimate of drug-likeness (QED) is 0.552. The van der Waals surface area contributed by atoms with Gasteiger partial charge in [0.1, 0.15) is 12.3 Å². The van der Waals surface area contributed by atoms with Gasteiger partial charge in [0.25, 0.3) is 5.56 Å². The third-order valence-electron chi connectivity index (χ3n) is 3.42. The molecule has 0 radical (unpaired) electrons. The molecule has 0 fully saturated rings. The van der Waals surface area contributed by atoms with Crippen LogP contribution in [-0.4, -0.2) is 54.5 Å². The number of carbonyl (C=O) groups excluding carboxylic acids is 1. The Labute approximate surface area is 137 Å². The van der Waals surface area contributed by atoms with E-state index in [-0.39, 0.29) is 43.0 Å². The average Bonchev–Trinajstić information content (AvgIpc) is 2.54. The highest BCUT2D eigenvalue weighted by Crippen LogP contribution is 2.13. The molecule has 130 valence electrons. The Morgan fingerprint density at radius 3 is 2.58 bits per heavy atom. The van der Waals surface area contributed by atoms with Gasteiger partial charge in [-0.15, -0.1) is 0 Å². The first kappa shape index (κ1) is 17.8. The molecule has 9 nitrogen and oxygen atoms in total. The highest BCUT2D eigenvalue weighted by Gasteiger charge is 2.17. The minimum Gasteiger partial charge on any atom is -0.460 e. The number of pyridine rings is 1. The van der Waals surface area contributed by atoms with Crippen molar-refractivity contribution < 1.29 is 19.0 Å².